The Balaban J connectivity index is 1.55. The van der Waals surface area contributed by atoms with E-state index in [1.54, 1.807) is 6.07 Å². The van der Waals surface area contributed by atoms with Gasteiger partial charge in [-0.15, -0.1) is 23.1 Å². The number of aliphatic hydroxyl groups is 1. The summed E-state index contributed by atoms with van der Waals surface area (Å²) in [6.45, 7) is 1.41. The molecule has 1 amide bonds. The molecule has 1 saturated heterocycles. The van der Waals surface area contributed by atoms with Crippen LogP contribution in [0.25, 0.3) is 0 Å². The molecule has 1 N–H and O–H groups in total. The zero-order valence-electron chi connectivity index (χ0n) is 16.9. The Morgan fingerprint density at radius 1 is 1.34 bits per heavy atom. The predicted octanol–water partition coefficient (Wildman–Crippen LogP) is 3.58. The molecular weight excluding hydrogens is 476 g/mol. The lowest BCUT2D eigenvalue weighted by atomic mass is 9.92. The Bertz CT molecular complexity index is 1100. The number of ether oxygens (including phenoxy) is 2. The Morgan fingerprint density at radius 2 is 2.06 bits per heavy atom. The number of β-lactam (4-membered cyclic amide) rings is 1. The number of hydrogen-bond acceptors (Lipinski definition) is 10. The summed E-state index contributed by atoms with van der Waals surface area (Å²) in [7, 11) is 0. The van der Waals surface area contributed by atoms with Crippen LogP contribution in [0.3, 0.4) is 0 Å². The van der Waals surface area contributed by atoms with Crippen LogP contribution in [-0.2, 0) is 20.9 Å². The molecule has 0 spiro atoms. The molecule has 2 aromatic rings. The fraction of sp³-hybridized carbons (Fsp3) is 0.300. The van der Waals surface area contributed by atoms with Crippen LogP contribution in [0.2, 0.25) is 0 Å². The van der Waals surface area contributed by atoms with E-state index in [2.05, 4.69) is 0 Å². The summed E-state index contributed by atoms with van der Waals surface area (Å²) < 4.78 is 12.3. The molecule has 1 aromatic carbocycles. The molecule has 0 unspecified atom stereocenters. The first kappa shape index (κ1) is 22.6. The van der Waals surface area contributed by atoms with Gasteiger partial charge in [0.1, 0.15) is 16.2 Å². The summed E-state index contributed by atoms with van der Waals surface area (Å²) in [5.41, 5.74) is 0.500. The number of nitro groups is 1. The summed E-state index contributed by atoms with van der Waals surface area (Å²) in [6, 6.07) is 7.43. The van der Waals surface area contributed by atoms with Gasteiger partial charge in [0.15, 0.2) is 16.5 Å². The van der Waals surface area contributed by atoms with Gasteiger partial charge in [0.25, 0.3) is 5.69 Å². The minimum Gasteiger partial charge on any atom is -0.456 e. The lowest BCUT2D eigenvalue weighted by molar-refractivity contribution is -0.384. The van der Waals surface area contributed by atoms with Crippen molar-refractivity contribution < 1.29 is 29.1 Å². The third-order valence-electron chi connectivity index (χ3n) is 4.96. The largest absolute Gasteiger partial charge is 0.456 e. The summed E-state index contributed by atoms with van der Waals surface area (Å²) in [4.78, 5) is 37.2. The van der Waals surface area contributed by atoms with Gasteiger partial charge >= 0.3 is 5.97 Å². The monoisotopic (exact) mass is 494 g/mol. The molecule has 0 bridgehead atoms. The molecule has 0 saturated carbocycles. The fourth-order valence-electron chi connectivity index (χ4n) is 3.35. The summed E-state index contributed by atoms with van der Waals surface area (Å²) in [5.74, 6) is -1.17. The first-order chi connectivity index (χ1) is 15.3. The third-order valence-corrected chi connectivity index (χ3v) is 8.24. The van der Waals surface area contributed by atoms with Crippen molar-refractivity contribution in [2.75, 3.05) is 6.26 Å². The second-order valence-electron chi connectivity index (χ2n) is 7.00. The zero-order chi connectivity index (χ0) is 23.0. The topological polar surface area (TPSA) is 119 Å². The quantitative estimate of drug-likeness (QED) is 0.193. The van der Waals surface area contributed by atoms with Crippen molar-refractivity contribution in [1.82, 2.24) is 4.90 Å². The van der Waals surface area contributed by atoms with E-state index in [1.807, 2.05) is 11.6 Å². The average molecular weight is 495 g/mol. The highest BCUT2D eigenvalue weighted by Gasteiger charge is 2.59. The van der Waals surface area contributed by atoms with Gasteiger partial charge in [-0.1, -0.05) is 11.8 Å². The molecular formula is C20H18N2O7S3. The van der Waals surface area contributed by atoms with E-state index in [-0.39, 0.29) is 29.0 Å². The predicted molar refractivity (Wildman–Crippen MR) is 120 cm³/mol. The number of carbonyl (C=O) groups excluding carboxylic acids is 2. The zero-order valence-corrected chi connectivity index (χ0v) is 19.4. The van der Waals surface area contributed by atoms with Crippen LogP contribution in [0.1, 0.15) is 12.5 Å². The van der Waals surface area contributed by atoms with E-state index in [0.29, 0.717) is 11.3 Å². The fourth-order valence-corrected chi connectivity index (χ4v) is 6.21. The van der Waals surface area contributed by atoms with E-state index in [9.17, 15) is 24.8 Å². The molecule has 0 aliphatic carbocycles. The van der Waals surface area contributed by atoms with Crippen LogP contribution in [0.15, 0.2) is 50.7 Å². The number of nitrogens with zero attached hydrogens (tertiary/aromatic N) is 2. The number of thioether (sulfide) groups is 2. The molecule has 3 heterocycles. The molecule has 168 valence electrons. The molecule has 12 heteroatoms. The van der Waals surface area contributed by atoms with Crippen LogP contribution < -0.4 is 4.74 Å². The lowest BCUT2D eigenvalue weighted by Crippen LogP contribution is -2.60. The minimum atomic E-state index is -0.865. The maximum absolute atomic E-state index is 13.0. The molecule has 32 heavy (non-hydrogen) atoms. The summed E-state index contributed by atoms with van der Waals surface area (Å²) in [6.07, 6.45) is 1.05. The molecule has 1 fully saturated rings. The highest BCUT2D eigenvalue weighted by atomic mass is 32.2. The van der Waals surface area contributed by atoms with Gasteiger partial charge in [-0.05, 0) is 42.3 Å². The Hall–Kier alpha value is -2.54. The second kappa shape index (κ2) is 9.14. The number of hydrogen-bond donors (Lipinski definition) is 1. The Morgan fingerprint density at radius 3 is 2.69 bits per heavy atom. The summed E-state index contributed by atoms with van der Waals surface area (Å²) >= 11 is 4.21. The smallest absolute Gasteiger partial charge is 0.359 e. The average Bonchev–Trinajstić information content (AvgIpc) is 3.34. The molecule has 2 aliphatic heterocycles. The maximum atomic E-state index is 13.0. The second-order valence-corrected chi connectivity index (χ2v) is 10.1. The summed E-state index contributed by atoms with van der Waals surface area (Å²) in [5, 5.41) is 22.4. The Labute approximate surface area is 195 Å². The lowest BCUT2D eigenvalue weighted by Gasteiger charge is -2.43. The van der Waals surface area contributed by atoms with Gasteiger partial charge in [-0.2, -0.15) is 0 Å². The number of esters is 1. The highest BCUT2D eigenvalue weighted by Crippen LogP contribution is 2.51. The maximum Gasteiger partial charge on any atom is 0.359 e. The molecule has 0 radical (unpaired) electrons. The van der Waals surface area contributed by atoms with Crippen LogP contribution in [0.4, 0.5) is 5.69 Å². The number of non-ortho nitro benzene ring substituents is 1. The minimum absolute atomic E-state index is 0.00191. The van der Waals surface area contributed by atoms with Gasteiger partial charge in [-0.25, -0.2) is 4.79 Å². The SMILES string of the molecule is CSc1sccc1OC1=C(C(=O)OCc2ccc([N+](=O)[O-])cc2)N2C(=O)[C@H]([C@@H](C)O)[C@H]2S1. The van der Waals surface area contributed by atoms with Crippen molar-refractivity contribution in [3.05, 3.63) is 62.2 Å². The van der Waals surface area contributed by atoms with Gasteiger partial charge in [0.2, 0.25) is 5.91 Å². The highest BCUT2D eigenvalue weighted by molar-refractivity contribution is 8.03. The number of amides is 1. The van der Waals surface area contributed by atoms with Crippen LogP contribution >= 0.6 is 34.9 Å². The molecule has 3 atom stereocenters. The van der Waals surface area contributed by atoms with Crippen molar-refractivity contribution in [3.8, 4) is 5.75 Å². The van der Waals surface area contributed by atoms with Crippen molar-refractivity contribution in [2.24, 2.45) is 5.92 Å². The van der Waals surface area contributed by atoms with E-state index in [1.165, 1.54) is 70.9 Å². The number of thiophene rings is 1. The van der Waals surface area contributed by atoms with Gasteiger partial charge in [-0.3, -0.25) is 19.8 Å². The van der Waals surface area contributed by atoms with Gasteiger partial charge in [0.05, 0.1) is 16.9 Å². The number of rotatable bonds is 8. The van der Waals surface area contributed by atoms with E-state index >= 15 is 0 Å². The molecule has 2 aliphatic rings. The third kappa shape index (κ3) is 4.10. The van der Waals surface area contributed by atoms with Crippen LogP contribution in [0, 0.1) is 16.0 Å². The van der Waals surface area contributed by atoms with E-state index in [4.69, 9.17) is 9.47 Å². The number of aliphatic hydroxyl groups excluding tert-OH is 1. The van der Waals surface area contributed by atoms with Crippen molar-refractivity contribution in [2.45, 2.75) is 29.2 Å². The number of fused-ring (bicyclic) bond motifs is 1. The molecule has 9 nitrogen and oxygen atoms in total. The first-order valence-corrected chi connectivity index (χ1v) is 12.4. The van der Waals surface area contributed by atoms with E-state index < -0.39 is 28.3 Å². The first-order valence-electron chi connectivity index (χ1n) is 9.43. The van der Waals surface area contributed by atoms with Gasteiger partial charge in [0, 0.05) is 12.1 Å². The van der Waals surface area contributed by atoms with Gasteiger partial charge < -0.3 is 14.6 Å². The Kier molecular flexibility index (Phi) is 6.47. The molecule has 4 rings (SSSR count). The number of carbonyl (C=O) groups is 2. The van der Waals surface area contributed by atoms with Crippen LogP contribution in [0.5, 0.6) is 5.75 Å². The van der Waals surface area contributed by atoms with Crippen LogP contribution in [-0.4, -0.2) is 44.5 Å². The number of benzene rings is 1. The van der Waals surface area contributed by atoms with Crippen molar-refractivity contribution in [3.63, 3.8) is 0 Å². The number of nitro benzene ring substituents is 1. The van der Waals surface area contributed by atoms with Crippen molar-refractivity contribution >= 4 is 52.4 Å². The normalized spacial score (nSPS) is 20.6. The molecule has 1 aromatic heterocycles. The standard InChI is InChI=1S/C20H18N2O7S3/c1-10(23)14-16(24)21-15(18(25)28-9-11-3-5-12(6-4-11)22(26)27)19(32-17(14)21)29-13-7-8-31-20(13)30-2/h3-8,10,14,17,23H,9H2,1-2H3/t10-,14+,17-/m1/s1. The van der Waals surface area contributed by atoms with Crippen molar-refractivity contribution in [1.29, 1.82) is 0 Å². The van der Waals surface area contributed by atoms with E-state index in [0.717, 1.165) is 4.21 Å².